The van der Waals surface area contributed by atoms with Crippen LogP contribution >= 0.6 is 27.7 Å². The van der Waals surface area contributed by atoms with Crippen LogP contribution in [0.3, 0.4) is 0 Å². The van der Waals surface area contributed by atoms with Gasteiger partial charge >= 0.3 is 0 Å². The van der Waals surface area contributed by atoms with Gasteiger partial charge in [-0.3, -0.25) is 4.79 Å². The number of Topliss-reactive ketones (excluding diaryl/α,β-unsaturated/α-hetero) is 1. The van der Waals surface area contributed by atoms with E-state index < -0.39 is 0 Å². The molecule has 0 fully saturated rings. The number of ether oxygens (including phenoxy) is 1. The fourth-order valence-electron chi connectivity index (χ4n) is 1.78. The highest BCUT2D eigenvalue weighted by Gasteiger charge is 2.18. The molecule has 18 heavy (non-hydrogen) atoms. The van der Waals surface area contributed by atoms with E-state index in [-0.39, 0.29) is 5.78 Å². The average molecular weight is 321 g/mol. The normalized spacial score (nSPS) is 12.3. The number of carbonyl (C=O) groups is 1. The van der Waals surface area contributed by atoms with Crippen molar-refractivity contribution in [1.82, 2.24) is 0 Å². The topological polar surface area (TPSA) is 26.3 Å². The van der Waals surface area contributed by atoms with Crippen LogP contribution in [0.4, 0.5) is 0 Å². The molecule has 4 heteroatoms. The maximum absolute atomic E-state index is 11.6. The number of hydrogen-bond donors (Lipinski definition) is 0. The van der Waals surface area contributed by atoms with Crippen molar-refractivity contribution in [3.8, 4) is 11.5 Å². The summed E-state index contributed by atoms with van der Waals surface area (Å²) < 4.78 is 5.80. The standard InChI is InChI=1S/C14H9BrO2S/c15-8-10(16)9-5-6-12-14(7-9)18-13-4-2-1-3-11(13)17-12/h1-7H,8H2. The van der Waals surface area contributed by atoms with Gasteiger partial charge in [0, 0.05) is 5.56 Å². The zero-order valence-electron chi connectivity index (χ0n) is 9.35. The highest BCUT2D eigenvalue weighted by Crippen LogP contribution is 2.46. The van der Waals surface area contributed by atoms with E-state index in [4.69, 9.17) is 4.74 Å². The monoisotopic (exact) mass is 320 g/mol. The minimum Gasteiger partial charge on any atom is -0.455 e. The molecule has 0 bridgehead atoms. The lowest BCUT2D eigenvalue weighted by molar-refractivity contribution is 0.102. The lowest BCUT2D eigenvalue weighted by atomic mass is 10.1. The number of halogens is 1. The molecule has 0 N–H and O–H groups in total. The third-order valence-corrected chi connectivity index (χ3v) is 4.28. The second-order valence-corrected chi connectivity index (χ2v) is 5.51. The molecule has 0 unspecified atom stereocenters. The Kier molecular flexibility index (Phi) is 3.14. The van der Waals surface area contributed by atoms with E-state index in [2.05, 4.69) is 15.9 Å². The number of ketones is 1. The van der Waals surface area contributed by atoms with Crippen molar-refractivity contribution in [2.75, 3.05) is 5.33 Å². The second kappa shape index (κ2) is 4.78. The molecule has 1 heterocycles. The molecule has 2 aromatic carbocycles. The van der Waals surface area contributed by atoms with E-state index in [0.717, 1.165) is 21.3 Å². The van der Waals surface area contributed by atoms with Gasteiger partial charge in [0.15, 0.2) is 5.78 Å². The molecule has 3 rings (SSSR count). The van der Waals surface area contributed by atoms with Crippen molar-refractivity contribution in [2.45, 2.75) is 9.79 Å². The molecule has 2 aromatic rings. The summed E-state index contributed by atoms with van der Waals surface area (Å²) in [4.78, 5) is 13.7. The minimum atomic E-state index is 0.0808. The molecule has 0 atom stereocenters. The fraction of sp³-hybridized carbons (Fsp3) is 0.0714. The summed E-state index contributed by atoms with van der Waals surface area (Å²) in [6, 6.07) is 13.4. The lowest BCUT2D eigenvalue weighted by Crippen LogP contribution is -2.02. The quantitative estimate of drug-likeness (QED) is 0.513. The molecule has 0 amide bonds. The van der Waals surface area contributed by atoms with Crippen LogP contribution in [-0.4, -0.2) is 11.1 Å². The summed E-state index contributed by atoms with van der Waals surface area (Å²) >= 11 is 4.82. The van der Waals surface area contributed by atoms with Crippen molar-refractivity contribution >= 4 is 33.5 Å². The van der Waals surface area contributed by atoms with E-state index in [0.29, 0.717) is 10.9 Å². The first-order valence-corrected chi connectivity index (χ1v) is 7.39. The van der Waals surface area contributed by atoms with Gasteiger partial charge in [0.2, 0.25) is 0 Å². The smallest absolute Gasteiger partial charge is 0.173 e. The van der Waals surface area contributed by atoms with Crippen LogP contribution in [-0.2, 0) is 0 Å². The van der Waals surface area contributed by atoms with Gasteiger partial charge in [0.05, 0.1) is 15.1 Å². The second-order valence-electron chi connectivity index (χ2n) is 3.87. The van der Waals surface area contributed by atoms with E-state index in [1.807, 2.05) is 36.4 Å². The van der Waals surface area contributed by atoms with Crippen molar-refractivity contribution in [3.63, 3.8) is 0 Å². The van der Waals surface area contributed by atoms with E-state index in [1.165, 1.54) is 0 Å². The Labute approximate surface area is 117 Å². The molecule has 0 saturated heterocycles. The van der Waals surface area contributed by atoms with Crippen molar-refractivity contribution in [1.29, 1.82) is 0 Å². The fourth-order valence-corrected chi connectivity index (χ4v) is 3.09. The van der Waals surface area contributed by atoms with Crippen molar-refractivity contribution in [3.05, 3.63) is 48.0 Å². The molecular weight excluding hydrogens is 312 g/mol. The van der Waals surface area contributed by atoms with Crippen LogP contribution in [0.15, 0.2) is 52.3 Å². The van der Waals surface area contributed by atoms with Gasteiger partial charge in [-0.05, 0) is 30.3 Å². The van der Waals surface area contributed by atoms with Gasteiger partial charge in [0.25, 0.3) is 0 Å². The molecule has 0 saturated carbocycles. The zero-order chi connectivity index (χ0) is 12.5. The van der Waals surface area contributed by atoms with Crippen LogP contribution in [0.5, 0.6) is 11.5 Å². The molecule has 1 aliphatic heterocycles. The van der Waals surface area contributed by atoms with Gasteiger partial charge in [-0.2, -0.15) is 0 Å². The third kappa shape index (κ3) is 2.06. The maximum atomic E-state index is 11.6. The van der Waals surface area contributed by atoms with Crippen LogP contribution in [0.1, 0.15) is 10.4 Å². The van der Waals surface area contributed by atoms with E-state index in [1.54, 1.807) is 17.8 Å². The number of hydrogen-bond acceptors (Lipinski definition) is 3. The van der Waals surface area contributed by atoms with Crippen molar-refractivity contribution < 1.29 is 9.53 Å². The first-order chi connectivity index (χ1) is 8.78. The number of benzene rings is 2. The Balaban J connectivity index is 2.01. The van der Waals surface area contributed by atoms with Gasteiger partial charge in [-0.1, -0.05) is 39.8 Å². The lowest BCUT2D eigenvalue weighted by Gasteiger charge is -2.19. The predicted molar refractivity (Wildman–Crippen MR) is 75.2 cm³/mol. The largest absolute Gasteiger partial charge is 0.455 e. The summed E-state index contributed by atoms with van der Waals surface area (Å²) in [6.07, 6.45) is 0. The molecule has 2 nitrogen and oxygen atoms in total. The van der Waals surface area contributed by atoms with Crippen LogP contribution in [0, 0.1) is 0 Å². The summed E-state index contributed by atoms with van der Waals surface area (Å²) in [5, 5.41) is 0.341. The minimum absolute atomic E-state index is 0.0808. The third-order valence-electron chi connectivity index (χ3n) is 2.68. The molecule has 0 spiro atoms. The molecule has 90 valence electrons. The number of alkyl halides is 1. The Morgan fingerprint density at radius 2 is 1.89 bits per heavy atom. The Hall–Kier alpha value is -1.26. The van der Waals surface area contributed by atoms with Crippen LogP contribution in [0.2, 0.25) is 0 Å². The molecule has 0 aromatic heterocycles. The highest BCUT2D eigenvalue weighted by molar-refractivity contribution is 9.09. The molecular formula is C14H9BrO2S. The molecule has 1 aliphatic rings. The van der Waals surface area contributed by atoms with E-state index in [9.17, 15) is 4.79 Å². The number of para-hydroxylation sites is 1. The summed E-state index contributed by atoms with van der Waals surface area (Å²) in [5.74, 6) is 1.76. The Morgan fingerprint density at radius 1 is 1.11 bits per heavy atom. The molecule has 0 radical (unpaired) electrons. The summed E-state index contributed by atoms with van der Waals surface area (Å²) in [7, 11) is 0. The van der Waals surface area contributed by atoms with Crippen molar-refractivity contribution in [2.24, 2.45) is 0 Å². The number of carbonyl (C=O) groups excluding carboxylic acids is 1. The van der Waals surface area contributed by atoms with Gasteiger partial charge in [0.1, 0.15) is 11.5 Å². The highest BCUT2D eigenvalue weighted by atomic mass is 79.9. The number of fused-ring (bicyclic) bond motifs is 2. The van der Waals surface area contributed by atoms with Gasteiger partial charge in [-0.15, -0.1) is 0 Å². The SMILES string of the molecule is O=C(CBr)c1ccc2c(c1)Sc1ccccc1O2. The van der Waals surface area contributed by atoms with E-state index >= 15 is 0 Å². The van der Waals surface area contributed by atoms with Crippen LogP contribution in [0.25, 0.3) is 0 Å². The zero-order valence-corrected chi connectivity index (χ0v) is 11.8. The number of rotatable bonds is 2. The first kappa shape index (κ1) is 11.8. The average Bonchev–Trinajstić information content (AvgIpc) is 2.43. The Bertz CT molecular complexity index is 625. The molecule has 0 aliphatic carbocycles. The first-order valence-electron chi connectivity index (χ1n) is 5.46. The van der Waals surface area contributed by atoms with Gasteiger partial charge < -0.3 is 4.74 Å². The van der Waals surface area contributed by atoms with Crippen LogP contribution < -0.4 is 4.74 Å². The summed E-state index contributed by atoms with van der Waals surface area (Å²) in [5.41, 5.74) is 0.709. The van der Waals surface area contributed by atoms with Gasteiger partial charge in [-0.25, -0.2) is 0 Å². The predicted octanol–water partition coefficient (Wildman–Crippen LogP) is 4.52. The maximum Gasteiger partial charge on any atom is 0.173 e. The Morgan fingerprint density at radius 3 is 2.72 bits per heavy atom. The summed E-state index contributed by atoms with van der Waals surface area (Å²) in [6.45, 7) is 0.